The van der Waals surface area contributed by atoms with E-state index in [-0.39, 0.29) is 11.3 Å². The minimum absolute atomic E-state index is 0.130. The summed E-state index contributed by atoms with van der Waals surface area (Å²) in [4.78, 5) is 10.6. The van der Waals surface area contributed by atoms with Gasteiger partial charge in [0.1, 0.15) is 0 Å². The number of halogens is 1. The topological polar surface area (TPSA) is 43.8 Å². The molecule has 1 saturated carbocycles. The molecule has 0 radical (unpaired) electrons. The fourth-order valence-corrected chi connectivity index (χ4v) is 1.44. The average molecular weight is 172 g/mol. The molecule has 0 aromatic heterocycles. The zero-order chi connectivity index (χ0) is 8.72. The molecule has 1 fully saturated rings. The molecule has 1 atom stereocenters. The lowest BCUT2D eigenvalue weighted by Gasteiger charge is -2.23. The molecule has 2 aliphatic rings. The highest BCUT2D eigenvalue weighted by molar-refractivity contribution is 5.65. The molecule has 1 N–H and O–H groups in total. The van der Waals surface area contributed by atoms with Crippen molar-refractivity contribution in [3.63, 3.8) is 0 Å². The van der Waals surface area contributed by atoms with Crippen molar-refractivity contribution in [1.29, 1.82) is 0 Å². The standard InChI is InChI=1S/C7H9FN2O2/c8-9-4-3-6(5-1-2-5)10(9)7(11)12/h3-6H,1-2H2,(H,11,12). The Balaban J connectivity index is 2.12. The van der Waals surface area contributed by atoms with Crippen LogP contribution in [0.3, 0.4) is 0 Å². The summed E-state index contributed by atoms with van der Waals surface area (Å²) in [6.45, 7) is 0. The van der Waals surface area contributed by atoms with Crippen molar-refractivity contribution < 1.29 is 14.4 Å². The summed E-state index contributed by atoms with van der Waals surface area (Å²) in [5.41, 5.74) is 0. The van der Waals surface area contributed by atoms with Gasteiger partial charge in [0, 0.05) is 0 Å². The van der Waals surface area contributed by atoms with E-state index < -0.39 is 6.09 Å². The first-order valence-corrected chi connectivity index (χ1v) is 3.85. The van der Waals surface area contributed by atoms with Crippen LogP contribution in [-0.2, 0) is 0 Å². The quantitative estimate of drug-likeness (QED) is 0.607. The Morgan fingerprint density at radius 2 is 2.25 bits per heavy atom. The zero-order valence-electron chi connectivity index (χ0n) is 6.35. The first kappa shape index (κ1) is 7.39. The van der Waals surface area contributed by atoms with E-state index in [0.29, 0.717) is 5.92 Å². The second-order valence-corrected chi connectivity index (χ2v) is 3.09. The lowest BCUT2D eigenvalue weighted by molar-refractivity contribution is -0.107. The van der Waals surface area contributed by atoms with Gasteiger partial charge in [-0.15, -0.1) is 5.23 Å². The van der Waals surface area contributed by atoms with Gasteiger partial charge >= 0.3 is 6.09 Å². The molecule has 4 nitrogen and oxygen atoms in total. The lowest BCUT2D eigenvalue weighted by Crippen LogP contribution is -2.41. The molecule has 1 heterocycles. The van der Waals surface area contributed by atoms with Gasteiger partial charge in [-0.2, -0.15) is 5.01 Å². The number of nitrogens with zero attached hydrogens (tertiary/aromatic N) is 2. The summed E-state index contributed by atoms with van der Waals surface area (Å²) in [5.74, 6) is 0.318. The minimum Gasteiger partial charge on any atom is -0.464 e. The van der Waals surface area contributed by atoms with Gasteiger partial charge in [0.05, 0.1) is 12.2 Å². The summed E-state index contributed by atoms with van der Waals surface area (Å²) < 4.78 is 12.8. The molecule has 0 bridgehead atoms. The Kier molecular flexibility index (Phi) is 1.46. The summed E-state index contributed by atoms with van der Waals surface area (Å²) >= 11 is 0. The molecule has 5 heteroatoms. The Labute approximate surface area is 68.8 Å². The second-order valence-electron chi connectivity index (χ2n) is 3.09. The number of hydrazine groups is 1. The fraction of sp³-hybridized carbons (Fsp3) is 0.571. The van der Waals surface area contributed by atoms with E-state index in [0.717, 1.165) is 24.1 Å². The van der Waals surface area contributed by atoms with Crippen molar-refractivity contribution in [2.45, 2.75) is 18.9 Å². The van der Waals surface area contributed by atoms with E-state index in [1.54, 1.807) is 6.08 Å². The molecule has 66 valence electrons. The monoisotopic (exact) mass is 172 g/mol. The van der Waals surface area contributed by atoms with Gasteiger partial charge in [-0.1, -0.05) is 4.48 Å². The minimum atomic E-state index is -1.24. The molecule has 1 aliphatic carbocycles. The Morgan fingerprint density at radius 3 is 2.75 bits per heavy atom. The average Bonchev–Trinajstić information content (AvgIpc) is 2.75. The third-order valence-corrected chi connectivity index (χ3v) is 2.20. The normalized spacial score (nSPS) is 28.2. The number of rotatable bonds is 1. The predicted molar refractivity (Wildman–Crippen MR) is 38.5 cm³/mol. The Morgan fingerprint density at radius 1 is 1.58 bits per heavy atom. The third kappa shape index (κ3) is 1.01. The van der Waals surface area contributed by atoms with Crippen molar-refractivity contribution >= 4 is 6.09 Å². The molecule has 0 spiro atoms. The third-order valence-electron chi connectivity index (χ3n) is 2.20. The predicted octanol–water partition coefficient (Wildman–Crippen LogP) is 1.37. The van der Waals surface area contributed by atoms with E-state index in [2.05, 4.69) is 0 Å². The Bertz CT molecular complexity index is 240. The van der Waals surface area contributed by atoms with Gasteiger partial charge in [-0.3, -0.25) is 0 Å². The number of carbonyl (C=O) groups is 1. The smallest absolute Gasteiger partial charge is 0.429 e. The molecule has 1 aliphatic heterocycles. The number of amides is 1. The first-order chi connectivity index (χ1) is 5.70. The van der Waals surface area contributed by atoms with Crippen LogP contribution >= 0.6 is 0 Å². The molecular formula is C7H9FN2O2. The molecule has 1 unspecified atom stereocenters. The summed E-state index contributed by atoms with van der Waals surface area (Å²) in [6, 6.07) is -0.285. The van der Waals surface area contributed by atoms with Crippen molar-refractivity contribution in [2.24, 2.45) is 5.92 Å². The maximum atomic E-state index is 12.8. The molecule has 0 aromatic rings. The van der Waals surface area contributed by atoms with Crippen LogP contribution < -0.4 is 0 Å². The van der Waals surface area contributed by atoms with Gasteiger partial charge in [-0.25, -0.2) is 4.79 Å². The molecule has 0 aromatic carbocycles. The SMILES string of the molecule is O=C(O)N1C(C2CC2)C=CN1F. The highest BCUT2D eigenvalue weighted by Crippen LogP contribution is 2.38. The largest absolute Gasteiger partial charge is 0.464 e. The second kappa shape index (κ2) is 2.36. The van der Waals surface area contributed by atoms with Crippen LogP contribution in [-0.4, -0.2) is 27.5 Å². The van der Waals surface area contributed by atoms with E-state index in [1.165, 1.54) is 0 Å². The van der Waals surface area contributed by atoms with Gasteiger partial charge in [0.2, 0.25) is 0 Å². The fourth-order valence-electron chi connectivity index (χ4n) is 1.44. The van der Waals surface area contributed by atoms with Gasteiger partial charge in [0.25, 0.3) is 0 Å². The van der Waals surface area contributed by atoms with Crippen LogP contribution in [0, 0.1) is 5.92 Å². The summed E-state index contributed by atoms with van der Waals surface area (Å²) in [5, 5.41) is 9.49. The van der Waals surface area contributed by atoms with E-state index in [9.17, 15) is 9.28 Å². The highest BCUT2D eigenvalue weighted by atomic mass is 19.2. The van der Waals surface area contributed by atoms with Crippen molar-refractivity contribution in [2.75, 3.05) is 0 Å². The van der Waals surface area contributed by atoms with Crippen LogP contribution in [0.15, 0.2) is 12.3 Å². The molecular weight excluding hydrogens is 163 g/mol. The summed E-state index contributed by atoms with van der Waals surface area (Å²) in [6.07, 6.45) is 3.49. The van der Waals surface area contributed by atoms with Crippen LogP contribution in [0.1, 0.15) is 12.8 Å². The van der Waals surface area contributed by atoms with Crippen molar-refractivity contribution in [1.82, 2.24) is 10.2 Å². The van der Waals surface area contributed by atoms with E-state index in [1.807, 2.05) is 0 Å². The summed E-state index contributed by atoms with van der Waals surface area (Å²) in [7, 11) is 0. The highest BCUT2D eigenvalue weighted by Gasteiger charge is 2.41. The number of hydrogen-bond donors (Lipinski definition) is 1. The maximum Gasteiger partial charge on any atom is 0.429 e. The van der Waals surface area contributed by atoms with Crippen LogP contribution in [0.4, 0.5) is 9.28 Å². The van der Waals surface area contributed by atoms with Crippen molar-refractivity contribution in [3.8, 4) is 0 Å². The van der Waals surface area contributed by atoms with Gasteiger partial charge in [-0.05, 0) is 24.8 Å². The zero-order valence-corrected chi connectivity index (χ0v) is 6.35. The lowest BCUT2D eigenvalue weighted by atomic mass is 10.2. The van der Waals surface area contributed by atoms with Crippen LogP contribution in [0.25, 0.3) is 0 Å². The van der Waals surface area contributed by atoms with Crippen LogP contribution in [0.2, 0.25) is 0 Å². The van der Waals surface area contributed by atoms with Gasteiger partial charge < -0.3 is 5.11 Å². The number of carboxylic acid groups (broad SMARTS) is 1. The molecule has 0 saturated heterocycles. The molecule has 12 heavy (non-hydrogen) atoms. The maximum absolute atomic E-state index is 12.8. The first-order valence-electron chi connectivity index (χ1n) is 3.85. The molecule has 1 amide bonds. The van der Waals surface area contributed by atoms with E-state index >= 15 is 0 Å². The van der Waals surface area contributed by atoms with Gasteiger partial charge in [0.15, 0.2) is 0 Å². The van der Waals surface area contributed by atoms with Crippen LogP contribution in [0.5, 0.6) is 0 Å². The van der Waals surface area contributed by atoms with E-state index in [4.69, 9.17) is 5.11 Å². The molecule has 2 rings (SSSR count). The number of hydrogen-bond acceptors (Lipinski definition) is 2. The Hall–Kier alpha value is -1.26. The van der Waals surface area contributed by atoms with Crippen molar-refractivity contribution in [3.05, 3.63) is 12.3 Å².